The predicted octanol–water partition coefficient (Wildman–Crippen LogP) is 4.61. The van der Waals surface area contributed by atoms with Gasteiger partial charge in [-0.15, -0.1) is 12.4 Å². The number of anilines is 2. The van der Waals surface area contributed by atoms with Crippen molar-refractivity contribution in [2.45, 2.75) is 32.0 Å². The number of hydrogen-bond donors (Lipinski definition) is 2. The summed E-state index contributed by atoms with van der Waals surface area (Å²) in [5.41, 5.74) is 6.05. The fourth-order valence-electron chi connectivity index (χ4n) is 5.74. The van der Waals surface area contributed by atoms with Gasteiger partial charge in [-0.25, -0.2) is 24.3 Å². The van der Waals surface area contributed by atoms with E-state index in [4.69, 9.17) is 4.98 Å². The Hall–Kier alpha value is -4.15. The van der Waals surface area contributed by atoms with Crippen molar-refractivity contribution in [1.82, 2.24) is 34.6 Å². The molecule has 0 aliphatic carbocycles. The first-order chi connectivity index (χ1) is 21.0. The second-order valence-electron chi connectivity index (χ2n) is 11.1. The molecule has 0 saturated carbocycles. The van der Waals surface area contributed by atoms with Crippen LogP contribution < -0.4 is 15.5 Å². The molecule has 4 aromatic heterocycles. The molecule has 13 heteroatoms. The number of nitrogens with zero attached hydrogens (tertiary/aromatic N) is 8. The number of hydrogen-bond acceptors (Lipinski definition) is 10. The number of nitrogens with one attached hydrogen (secondary N) is 2. The highest BCUT2D eigenvalue weighted by Gasteiger charge is 2.33. The lowest BCUT2D eigenvalue weighted by atomic mass is 10.0. The topological polar surface area (TPSA) is 110 Å². The molecule has 10 nitrogen and oxygen atoms in total. The van der Waals surface area contributed by atoms with E-state index in [1.807, 2.05) is 24.5 Å². The number of fused-ring (bicyclic) bond motifs is 1. The van der Waals surface area contributed by atoms with E-state index in [9.17, 15) is 9.65 Å². The van der Waals surface area contributed by atoms with E-state index in [1.165, 1.54) is 23.5 Å². The zero-order valence-corrected chi connectivity index (χ0v) is 26.0. The van der Waals surface area contributed by atoms with Crippen molar-refractivity contribution in [3.05, 3.63) is 77.1 Å². The van der Waals surface area contributed by atoms with Crippen LogP contribution in [-0.4, -0.2) is 74.5 Å². The number of benzene rings is 1. The minimum atomic E-state index is -0.327. The molecular formula is C31H32ClFN10S. The summed E-state index contributed by atoms with van der Waals surface area (Å²) in [4.78, 5) is 23.8. The summed E-state index contributed by atoms with van der Waals surface area (Å²) >= 11 is 1.28. The number of thiazole rings is 1. The van der Waals surface area contributed by atoms with Gasteiger partial charge in [-0.05, 0) is 49.9 Å². The molecule has 5 aromatic rings. The van der Waals surface area contributed by atoms with Crippen molar-refractivity contribution >= 4 is 40.5 Å². The minimum Gasteiger partial charge on any atom is -0.356 e. The van der Waals surface area contributed by atoms with Crippen LogP contribution in [0.3, 0.4) is 0 Å². The van der Waals surface area contributed by atoms with Gasteiger partial charge in [0.1, 0.15) is 28.1 Å². The number of nitriles is 1. The number of imidazole rings is 1. The molecule has 2 aliphatic rings. The van der Waals surface area contributed by atoms with Crippen LogP contribution in [0.5, 0.6) is 0 Å². The van der Waals surface area contributed by atoms with E-state index in [0.29, 0.717) is 39.9 Å². The molecule has 2 N–H and O–H groups in total. The summed E-state index contributed by atoms with van der Waals surface area (Å²) in [6.45, 7) is 6.65. The van der Waals surface area contributed by atoms with Gasteiger partial charge in [0.2, 0.25) is 5.95 Å². The minimum absolute atomic E-state index is 0. The summed E-state index contributed by atoms with van der Waals surface area (Å²) in [6.07, 6.45) is 6.62. The molecule has 0 spiro atoms. The van der Waals surface area contributed by atoms with Crippen LogP contribution in [0.4, 0.5) is 15.5 Å². The normalized spacial score (nSPS) is 15.5. The Balaban J connectivity index is 0.00000343. The Morgan fingerprint density at radius 1 is 0.977 bits per heavy atom. The Morgan fingerprint density at radius 2 is 1.68 bits per heavy atom. The zero-order chi connectivity index (χ0) is 29.5. The lowest BCUT2D eigenvalue weighted by Crippen LogP contribution is -2.66. The van der Waals surface area contributed by atoms with Crippen LogP contribution >= 0.6 is 23.7 Å². The molecule has 44 heavy (non-hydrogen) atoms. The third-order valence-corrected chi connectivity index (χ3v) is 8.98. The molecule has 7 rings (SSSR count). The SMILES string of the molecule is CCc1nc2ccc(-c3cnc(N4CC(NC5CN(C)C5)C4)nc3)cn2c1CNc1nc(-c2ccc(F)cc2)c(C#N)s1.Cl. The van der Waals surface area contributed by atoms with E-state index in [2.05, 4.69) is 66.0 Å². The molecular weight excluding hydrogens is 599 g/mol. The zero-order valence-electron chi connectivity index (χ0n) is 24.4. The predicted molar refractivity (Wildman–Crippen MR) is 173 cm³/mol. The third-order valence-electron chi connectivity index (χ3n) is 8.06. The second-order valence-corrected chi connectivity index (χ2v) is 12.1. The Morgan fingerprint density at radius 3 is 2.36 bits per heavy atom. The quantitative estimate of drug-likeness (QED) is 0.241. The standard InChI is InChI=1S/C31H31FN10S.ClH/c1-3-25-26(13-36-31-39-29(27(10-33)43-31)19-4-7-22(32)8-5-19)42-14-20(6-9-28(42)38-25)21-11-34-30(35-12-21)41-17-24(18-41)37-23-15-40(2)16-23;/h4-9,11-12,14,23-24,37H,3,13,15-18H2,1-2H3,(H,36,39);1H. The molecule has 1 aromatic carbocycles. The molecule has 226 valence electrons. The number of aromatic nitrogens is 5. The van der Waals surface area contributed by atoms with E-state index >= 15 is 0 Å². The first-order valence-corrected chi connectivity index (χ1v) is 15.2. The summed E-state index contributed by atoms with van der Waals surface area (Å²) < 4.78 is 15.5. The molecule has 0 unspecified atom stereocenters. The van der Waals surface area contributed by atoms with Gasteiger partial charge >= 0.3 is 0 Å². The number of aryl methyl sites for hydroxylation is 1. The molecule has 0 radical (unpaired) electrons. The first-order valence-electron chi connectivity index (χ1n) is 14.4. The summed E-state index contributed by atoms with van der Waals surface area (Å²) in [5, 5.41) is 17.4. The van der Waals surface area contributed by atoms with Gasteiger partial charge in [0, 0.05) is 73.5 Å². The Labute approximate surface area is 265 Å². The number of likely N-dealkylation sites (tertiary alicyclic amines) is 1. The number of rotatable bonds is 9. The van der Waals surface area contributed by atoms with Crippen molar-refractivity contribution in [2.75, 3.05) is 43.4 Å². The summed E-state index contributed by atoms with van der Waals surface area (Å²) in [6, 6.07) is 13.4. The van der Waals surface area contributed by atoms with Crippen LogP contribution in [-0.2, 0) is 13.0 Å². The molecule has 2 fully saturated rings. The smallest absolute Gasteiger partial charge is 0.225 e. The van der Waals surface area contributed by atoms with Crippen LogP contribution in [0.2, 0.25) is 0 Å². The van der Waals surface area contributed by atoms with E-state index < -0.39 is 0 Å². The van der Waals surface area contributed by atoms with Crippen molar-refractivity contribution in [3.63, 3.8) is 0 Å². The fourth-order valence-corrected chi connectivity index (χ4v) is 6.52. The van der Waals surface area contributed by atoms with Crippen LogP contribution in [0.1, 0.15) is 23.2 Å². The van der Waals surface area contributed by atoms with Gasteiger partial charge in [0.15, 0.2) is 5.13 Å². The molecule has 0 bridgehead atoms. The lowest BCUT2D eigenvalue weighted by molar-refractivity contribution is 0.145. The summed E-state index contributed by atoms with van der Waals surface area (Å²) in [5.74, 6) is 0.432. The van der Waals surface area contributed by atoms with Gasteiger partial charge in [-0.1, -0.05) is 18.3 Å². The number of likely N-dealkylation sites (N-methyl/N-ethyl adjacent to an activating group) is 1. The maximum atomic E-state index is 13.4. The van der Waals surface area contributed by atoms with Crippen LogP contribution in [0, 0.1) is 17.1 Å². The Kier molecular flexibility index (Phi) is 8.46. The number of pyridine rings is 1. The highest BCUT2D eigenvalue weighted by atomic mass is 35.5. The van der Waals surface area contributed by atoms with Gasteiger partial charge in [0.25, 0.3) is 0 Å². The van der Waals surface area contributed by atoms with Crippen molar-refractivity contribution in [1.29, 1.82) is 5.26 Å². The molecule has 2 saturated heterocycles. The van der Waals surface area contributed by atoms with Crippen LogP contribution in [0.25, 0.3) is 28.0 Å². The van der Waals surface area contributed by atoms with Crippen LogP contribution in [0.15, 0.2) is 55.0 Å². The summed E-state index contributed by atoms with van der Waals surface area (Å²) in [7, 11) is 2.15. The van der Waals surface area contributed by atoms with E-state index in [1.54, 1.807) is 12.1 Å². The monoisotopic (exact) mass is 630 g/mol. The van der Waals surface area contributed by atoms with Gasteiger partial charge < -0.3 is 24.8 Å². The third kappa shape index (κ3) is 5.84. The molecule has 0 atom stereocenters. The van der Waals surface area contributed by atoms with E-state index in [-0.39, 0.29) is 18.2 Å². The average molecular weight is 631 g/mol. The average Bonchev–Trinajstić information content (AvgIpc) is 3.57. The van der Waals surface area contributed by atoms with Gasteiger partial charge in [-0.2, -0.15) is 5.26 Å². The fraction of sp³-hybridized carbons (Fsp3) is 0.323. The molecule has 2 aliphatic heterocycles. The molecule has 6 heterocycles. The largest absolute Gasteiger partial charge is 0.356 e. The van der Waals surface area contributed by atoms with Gasteiger partial charge in [-0.3, -0.25) is 0 Å². The maximum Gasteiger partial charge on any atom is 0.225 e. The van der Waals surface area contributed by atoms with Crippen molar-refractivity contribution in [2.24, 2.45) is 0 Å². The van der Waals surface area contributed by atoms with Crippen molar-refractivity contribution < 1.29 is 4.39 Å². The van der Waals surface area contributed by atoms with Gasteiger partial charge in [0.05, 0.1) is 17.9 Å². The maximum absolute atomic E-state index is 13.4. The second kappa shape index (κ2) is 12.5. The first kappa shape index (κ1) is 29.9. The lowest BCUT2D eigenvalue weighted by Gasteiger charge is -2.45. The molecule has 0 amide bonds. The van der Waals surface area contributed by atoms with E-state index in [0.717, 1.165) is 66.7 Å². The number of halogens is 2. The highest BCUT2D eigenvalue weighted by molar-refractivity contribution is 7.16. The Bertz CT molecular complexity index is 1800. The van der Waals surface area contributed by atoms with Crippen molar-refractivity contribution in [3.8, 4) is 28.5 Å². The highest BCUT2D eigenvalue weighted by Crippen LogP contribution is 2.31.